The lowest BCUT2D eigenvalue weighted by Gasteiger charge is -2.33. The number of rotatable bonds is 5. The number of nitrogens with zero attached hydrogens (tertiary/aromatic N) is 1. The Balaban J connectivity index is 1.17. The summed E-state index contributed by atoms with van der Waals surface area (Å²) < 4.78 is 6.00. The van der Waals surface area contributed by atoms with Gasteiger partial charge in [0.2, 0.25) is 0 Å². The van der Waals surface area contributed by atoms with E-state index in [1.54, 1.807) is 0 Å². The van der Waals surface area contributed by atoms with Gasteiger partial charge in [0.1, 0.15) is 6.61 Å². The SMILES string of the molecule is CCCc1ccc(C2=CC3CCC(C2)N3C(=O)OCC2c3ccccc3-c3ccccc32)cc1. The minimum absolute atomic E-state index is 0.103. The van der Waals surface area contributed by atoms with E-state index < -0.39 is 0 Å². The highest BCUT2D eigenvalue weighted by molar-refractivity contribution is 5.79. The molecule has 1 fully saturated rings. The maximum atomic E-state index is 13.3. The van der Waals surface area contributed by atoms with Crippen LogP contribution in [0.25, 0.3) is 16.7 Å². The van der Waals surface area contributed by atoms with Crippen molar-refractivity contribution in [1.29, 1.82) is 0 Å². The van der Waals surface area contributed by atoms with E-state index in [2.05, 4.69) is 85.8 Å². The normalized spacial score (nSPS) is 20.6. The minimum atomic E-state index is -0.164. The predicted octanol–water partition coefficient (Wildman–Crippen LogP) is 7.21. The summed E-state index contributed by atoms with van der Waals surface area (Å²) in [6.07, 6.45) is 7.41. The average molecular weight is 450 g/mol. The van der Waals surface area contributed by atoms with Gasteiger partial charge in [-0.25, -0.2) is 4.79 Å². The standard InChI is InChI=1S/C31H31NO2/c1-2-7-21-12-14-22(15-13-21)23-18-24-16-17-25(19-23)32(24)31(33)34-20-30-28-10-5-3-8-26(28)27-9-4-6-11-29(27)30/h3-6,8-15,18,24-25,30H,2,7,16-17,19-20H2,1H3. The van der Waals surface area contributed by atoms with Crippen LogP contribution in [-0.4, -0.2) is 29.7 Å². The number of ether oxygens (including phenoxy) is 1. The van der Waals surface area contributed by atoms with Crippen LogP contribution in [0.5, 0.6) is 0 Å². The molecule has 0 N–H and O–H groups in total. The van der Waals surface area contributed by atoms with Crippen molar-refractivity contribution in [3.8, 4) is 11.1 Å². The number of hydrogen-bond acceptors (Lipinski definition) is 2. The Kier molecular flexibility index (Phi) is 5.49. The molecule has 3 aromatic rings. The molecule has 0 aromatic heterocycles. The Morgan fingerprint density at radius 3 is 2.24 bits per heavy atom. The largest absolute Gasteiger partial charge is 0.448 e. The molecule has 2 aliphatic heterocycles. The van der Waals surface area contributed by atoms with Gasteiger partial charge in [0.05, 0.1) is 6.04 Å². The maximum Gasteiger partial charge on any atom is 0.410 e. The molecule has 172 valence electrons. The van der Waals surface area contributed by atoms with Gasteiger partial charge in [-0.15, -0.1) is 0 Å². The summed E-state index contributed by atoms with van der Waals surface area (Å²) in [6.45, 7) is 2.60. The molecule has 3 aliphatic rings. The molecular formula is C31H31NO2. The molecule has 1 saturated heterocycles. The zero-order chi connectivity index (χ0) is 23.1. The topological polar surface area (TPSA) is 29.5 Å². The van der Waals surface area contributed by atoms with E-state index >= 15 is 0 Å². The second-order valence-corrected chi connectivity index (χ2v) is 9.85. The Morgan fingerprint density at radius 1 is 0.912 bits per heavy atom. The molecular weight excluding hydrogens is 418 g/mol. The number of carbonyl (C=O) groups excluding carboxylic acids is 1. The summed E-state index contributed by atoms with van der Waals surface area (Å²) >= 11 is 0. The lowest BCUT2D eigenvalue weighted by molar-refractivity contribution is 0.0866. The fourth-order valence-corrected chi connectivity index (χ4v) is 6.17. The van der Waals surface area contributed by atoms with E-state index in [0.29, 0.717) is 6.61 Å². The lowest BCUT2D eigenvalue weighted by Crippen LogP contribution is -2.43. The van der Waals surface area contributed by atoms with Crippen molar-refractivity contribution in [3.63, 3.8) is 0 Å². The minimum Gasteiger partial charge on any atom is -0.448 e. The molecule has 1 amide bonds. The van der Waals surface area contributed by atoms with E-state index in [1.165, 1.54) is 45.4 Å². The molecule has 1 aliphatic carbocycles. The third-order valence-corrected chi connectivity index (χ3v) is 7.81. The quantitative estimate of drug-likeness (QED) is 0.412. The summed E-state index contributed by atoms with van der Waals surface area (Å²) in [4.78, 5) is 15.3. The van der Waals surface area contributed by atoms with Crippen LogP contribution < -0.4 is 0 Å². The molecule has 0 spiro atoms. The highest BCUT2D eigenvalue weighted by Gasteiger charge is 2.41. The van der Waals surface area contributed by atoms with E-state index in [9.17, 15) is 4.79 Å². The maximum absolute atomic E-state index is 13.3. The Bertz CT molecular complexity index is 1200. The highest BCUT2D eigenvalue weighted by Crippen LogP contribution is 2.45. The van der Waals surface area contributed by atoms with Crippen molar-refractivity contribution < 1.29 is 9.53 Å². The van der Waals surface area contributed by atoms with Crippen molar-refractivity contribution in [3.05, 3.63) is 101 Å². The number of hydrogen-bond donors (Lipinski definition) is 0. The first kappa shape index (κ1) is 21.2. The van der Waals surface area contributed by atoms with Crippen LogP contribution in [0.3, 0.4) is 0 Å². The Hall–Kier alpha value is -3.33. The van der Waals surface area contributed by atoms with Crippen LogP contribution in [0, 0.1) is 0 Å². The average Bonchev–Trinajstić information content (AvgIpc) is 3.34. The van der Waals surface area contributed by atoms with Crippen LogP contribution >= 0.6 is 0 Å². The first-order chi connectivity index (χ1) is 16.7. The van der Waals surface area contributed by atoms with Gasteiger partial charge in [-0.05, 0) is 64.6 Å². The van der Waals surface area contributed by atoms with Gasteiger partial charge < -0.3 is 4.74 Å². The van der Waals surface area contributed by atoms with Gasteiger partial charge in [-0.1, -0.05) is 92.2 Å². The monoisotopic (exact) mass is 449 g/mol. The van der Waals surface area contributed by atoms with E-state index in [-0.39, 0.29) is 24.1 Å². The second kappa shape index (κ2) is 8.79. The van der Waals surface area contributed by atoms with Gasteiger partial charge in [-0.3, -0.25) is 4.90 Å². The Labute approximate surface area is 202 Å². The van der Waals surface area contributed by atoms with Gasteiger partial charge in [0.25, 0.3) is 0 Å². The number of fused-ring (bicyclic) bond motifs is 5. The van der Waals surface area contributed by atoms with Crippen LogP contribution in [0.1, 0.15) is 60.8 Å². The fourth-order valence-electron chi connectivity index (χ4n) is 6.17. The van der Waals surface area contributed by atoms with Crippen molar-refractivity contribution in [1.82, 2.24) is 4.90 Å². The van der Waals surface area contributed by atoms with Crippen molar-refractivity contribution in [2.45, 2.75) is 57.0 Å². The third-order valence-electron chi connectivity index (χ3n) is 7.81. The summed E-state index contributed by atoms with van der Waals surface area (Å²) in [6, 6.07) is 26.3. The molecule has 3 nitrogen and oxygen atoms in total. The molecule has 2 unspecified atom stereocenters. The van der Waals surface area contributed by atoms with E-state index in [1.807, 2.05) is 4.90 Å². The van der Waals surface area contributed by atoms with Crippen LogP contribution in [0.4, 0.5) is 4.79 Å². The molecule has 2 heterocycles. The van der Waals surface area contributed by atoms with Gasteiger partial charge in [0.15, 0.2) is 0 Å². The van der Waals surface area contributed by atoms with E-state index in [4.69, 9.17) is 4.74 Å². The first-order valence-corrected chi connectivity index (χ1v) is 12.7. The highest BCUT2D eigenvalue weighted by atomic mass is 16.6. The first-order valence-electron chi connectivity index (χ1n) is 12.7. The summed E-state index contributed by atoms with van der Waals surface area (Å²) in [5.74, 6) is 0.103. The molecule has 2 atom stereocenters. The molecule has 3 heteroatoms. The van der Waals surface area contributed by atoms with Crippen molar-refractivity contribution in [2.75, 3.05) is 6.61 Å². The van der Waals surface area contributed by atoms with Crippen LogP contribution in [0.15, 0.2) is 78.9 Å². The summed E-state index contributed by atoms with van der Waals surface area (Å²) in [5.41, 5.74) is 9.09. The molecule has 34 heavy (non-hydrogen) atoms. The van der Waals surface area contributed by atoms with Gasteiger partial charge in [-0.2, -0.15) is 0 Å². The number of carbonyl (C=O) groups is 1. The number of amides is 1. The summed E-state index contributed by atoms with van der Waals surface area (Å²) in [5, 5.41) is 0. The summed E-state index contributed by atoms with van der Waals surface area (Å²) in [7, 11) is 0. The molecule has 3 aromatic carbocycles. The van der Waals surface area contributed by atoms with Gasteiger partial charge >= 0.3 is 6.09 Å². The predicted molar refractivity (Wildman–Crippen MR) is 137 cm³/mol. The number of aryl methyl sites for hydroxylation is 1. The van der Waals surface area contributed by atoms with Crippen molar-refractivity contribution in [2.24, 2.45) is 0 Å². The lowest BCUT2D eigenvalue weighted by atomic mass is 9.94. The molecule has 6 rings (SSSR count). The smallest absolute Gasteiger partial charge is 0.410 e. The van der Waals surface area contributed by atoms with E-state index in [0.717, 1.165) is 25.7 Å². The van der Waals surface area contributed by atoms with Crippen LogP contribution in [0.2, 0.25) is 0 Å². The van der Waals surface area contributed by atoms with Gasteiger partial charge in [0, 0.05) is 12.0 Å². The third kappa shape index (κ3) is 3.64. The molecule has 0 radical (unpaired) electrons. The number of benzene rings is 3. The molecule has 0 saturated carbocycles. The molecule has 2 bridgehead atoms. The Morgan fingerprint density at radius 2 is 1.59 bits per heavy atom. The van der Waals surface area contributed by atoms with Crippen LogP contribution in [-0.2, 0) is 11.2 Å². The zero-order valence-corrected chi connectivity index (χ0v) is 19.7. The second-order valence-electron chi connectivity index (χ2n) is 9.85. The fraction of sp³-hybridized carbons (Fsp3) is 0.323. The zero-order valence-electron chi connectivity index (χ0n) is 19.7. The van der Waals surface area contributed by atoms with Crippen molar-refractivity contribution >= 4 is 11.7 Å².